The summed E-state index contributed by atoms with van der Waals surface area (Å²) in [6, 6.07) is 7.30. The molecular formula is C10H8N2O3. The first-order valence-corrected chi connectivity index (χ1v) is 4.27. The van der Waals surface area contributed by atoms with Crippen LogP contribution >= 0.6 is 0 Å². The van der Waals surface area contributed by atoms with Crippen molar-refractivity contribution in [3.63, 3.8) is 0 Å². The van der Waals surface area contributed by atoms with E-state index in [1.807, 2.05) is 18.2 Å². The van der Waals surface area contributed by atoms with Crippen LogP contribution < -0.4 is 4.74 Å². The molecule has 0 unspecified atom stereocenters. The highest BCUT2D eigenvalue weighted by molar-refractivity contribution is 5.74. The highest BCUT2D eigenvalue weighted by Gasteiger charge is 2.05. The van der Waals surface area contributed by atoms with Gasteiger partial charge < -0.3 is 9.47 Å². The number of rotatable bonds is 1. The van der Waals surface area contributed by atoms with E-state index < -0.39 is 6.16 Å². The second-order valence-electron chi connectivity index (χ2n) is 2.75. The van der Waals surface area contributed by atoms with Gasteiger partial charge in [0, 0.05) is 0 Å². The Bertz CT molecular complexity index is 499. The van der Waals surface area contributed by atoms with E-state index in [9.17, 15) is 4.79 Å². The van der Waals surface area contributed by atoms with E-state index in [1.165, 1.54) is 13.3 Å². The first-order valence-electron chi connectivity index (χ1n) is 4.27. The van der Waals surface area contributed by atoms with Gasteiger partial charge in [-0.3, -0.25) is 0 Å². The lowest BCUT2D eigenvalue weighted by Crippen LogP contribution is -2.08. The topological polar surface area (TPSA) is 61.3 Å². The maximum Gasteiger partial charge on any atom is 0.514 e. The average Bonchev–Trinajstić information content (AvgIpc) is 2.29. The van der Waals surface area contributed by atoms with Crippen molar-refractivity contribution in [1.29, 1.82) is 0 Å². The molecule has 1 aromatic heterocycles. The van der Waals surface area contributed by atoms with Crippen molar-refractivity contribution in [2.75, 3.05) is 7.11 Å². The molecule has 2 rings (SSSR count). The zero-order valence-electron chi connectivity index (χ0n) is 8.01. The fourth-order valence-corrected chi connectivity index (χ4v) is 1.12. The molecule has 0 aliphatic heterocycles. The average molecular weight is 204 g/mol. The smallest absolute Gasteiger partial charge is 0.437 e. The Hall–Kier alpha value is -2.17. The minimum Gasteiger partial charge on any atom is -0.437 e. The minimum atomic E-state index is -0.806. The molecule has 2 aromatic rings. The van der Waals surface area contributed by atoms with E-state index in [4.69, 9.17) is 4.74 Å². The minimum absolute atomic E-state index is 0.126. The van der Waals surface area contributed by atoms with Crippen LogP contribution in [-0.4, -0.2) is 23.2 Å². The van der Waals surface area contributed by atoms with Gasteiger partial charge in [-0.1, -0.05) is 12.1 Å². The molecule has 76 valence electrons. The van der Waals surface area contributed by atoms with Crippen LogP contribution in [0.25, 0.3) is 11.0 Å². The molecule has 0 radical (unpaired) electrons. The number of carbonyl (C=O) groups excluding carboxylic acids is 1. The predicted molar refractivity (Wildman–Crippen MR) is 52.6 cm³/mol. The first kappa shape index (κ1) is 9.39. The third-order valence-corrected chi connectivity index (χ3v) is 1.78. The molecule has 0 saturated carbocycles. The molecule has 0 amide bonds. The fraction of sp³-hybridized carbons (Fsp3) is 0.100. The monoisotopic (exact) mass is 204 g/mol. The van der Waals surface area contributed by atoms with Crippen molar-refractivity contribution in [1.82, 2.24) is 9.97 Å². The first-order chi connectivity index (χ1) is 7.29. The largest absolute Gasteiger partial charge is 0.514 e. The highest BCUT2D eigenvalue weighted by atomic mass is 16.7. The molecule has 1 aromatic carbocycles. The number of benzene rings is 1. The molecule has 0 saturated heterocycles. The van der Waals surface area contributed by atoms with Crippen LogP contribution in [0.15, 0.2) is 30.5 Å². The number of carbonyl (C=O) groups is 1. The molecule has 0 atom stereocenters. The number of methoxy groups -OCH3 is 1. The summed E-state index contributed by atoms with van der Waals surface area (Å²) in [6.07, 6.45) is 0.568. The van der Waals surface area contributed by atoms with Gasteiger partial charge in [-0.25, -0.2) is 14.8 Å². The second-order valence-corrected chi connectivity index (χ2v) is 2.75. The normalized spacial score (nSPS) is 9.93. The molecule has 5 nitrogen and oxygen atoms in total. The van der Waals surface area contributed by atoms with E-state index in [-0.39, 0.29) is 5.88 Å². The summed E-state index contributed by atoms with van der Waals surface area (Å²) >= 11 is 0. The standard InChI is InChI=1S/C10H8N2O3/c1-14-10(13)15-9-6-11-7-4-2-3-5-8(7)12-9/h2-6H,1H3. The van der Waals surface area contributed by atoms with E-state index >= 15 is 0 Å². The van der Waals surface area contributed by atoms with Gasteiger partial charge in [0.2, 0.25) is 5.88 Å². The number of para-hydroxylation sites is 2. The van der Waals surface area contributed by atoms with Gasteiger partial charge in [0.15, 0.2) is 0 Å². The predicted octanol–water partition coefficient (Wildman–Crippen LogP) is 1.77. The Kier molecular flexibility index (Phi) is 2.45. The molecule has 0 fully saturated rings. The van der Waals surface area contributed by atoms with Gasteiger partial charge in [0.05, 0.1) is 24.3 Å². The number of nitrogens with zero attached hydrogens (tertiary/aromatic N) is 2. The van der Waals surface area contributed by atoms with Crippen molar-refractivity contribution in [3.05, 3.63) is 30.5 Å². The lowest BCUT2D eigenvalue weighted by atomic mass is 10.3. The van der Waals surface area contributed by atoms with E-state index in [1.54, 1.807) is 6.07 Å². The van der Waals surface area contributed by atoms with Crippen molar-refractivity contribution in [3.8, 4) is 5.88 Å². The molecule has 0 bridgehead atoms. The Morgan fingerprint density at radius 2 is 2.00 bits per heavy atom. The molecule has 0 aliphatic carbocycles. The summed E-state index contributed by atoms with van der Waals surface area (Å²) in [6.45, 7) is 0. The number of hydrogen-bond acceptors (Lipinski definition) is 5. The van der Waals surface area contributed by atoms with Crippen molar-refractivity contribution in [2.24, 2.45) is 0 Å². The van der Waals surface area contributed by atoms with Crippen LogP contribution in [0.4, 0.5) is 4.79 Å². The quantitative estimate of drug-likeness (QED) is 0.662. The summed E-state index contributed by atoms with van der Waals surface area (Å²) in [5.41, 5.74) is 1.41. The van der Waals surface area contributed by atoms with Gasteiger partial charge in [0.25, 0.3) is 0 Å². The third-order valence-electron chi connectivity index (χ3n) is 1.78. The molecule has 5 heteroatoms. The lowest BCUT2D eigenvalue weighted by molar-refractivity contribution is 0.119. The van der Waals surface area contributed by atoms with Crippen LogP contribution in [0.2, 0.25) is 0 Å². The van der Waals surface area contributed by atoms with Crippen molar-refractivity contribution in [2.45, 2.75) is 0 Å². The van der Waals surface area contributed by atoms with Crippen molar-refractivity contribution < 1.29 is 14.3 Å². The molecular weight excluding hydrogens is 196 g/mol. The second kappa shape index (κ2) is 3.91. The van der Waals surface area contributed by atoms with Crippen molar-refractivity contribution >= 4 is 17.2 Å². The summed E-state index contributed by atoms with van der Waals surface area (Å²) in [5, 5.41) is 0. The van der Waals surface area contributed by atoms with Crippen LogP contribution in [0.1, 0.15) is 0 Å². The van der Waals surface area contributed by atoms with E-state index in [0.717, 1.165) is 5.52 Å². The summed E-state index contributed by atoms with van der Waals surface area (Å²) in [5.74, 6) is 0.126. The van der Waals surface area contributed by atoms with Crippen LogP contribution in [0.3, 0.4) is 0 Å². The number of ether oxygens (including phenoxy) is 2. The molecule has 0 N–H and O–H groups in total. The molecule has 1 heterocycles. The third kappa shape index (κ3) is 2.01. The van der Waals surface area contributed by atoms with Gasteiger partial charge in [0.1, 0.15) is 0 Å². The molecule has 0 aliphatic rings. The summed E-state index contributed by atoms with van der Waals surface area (Å²) in [4.78, 5) is 19.0. The SMILES string of the molecule is COC(=O)Oc1cnc2ccccc2n1. The molecule has 0 spiro atoms. The van der Waals surface area contributed by atoms with Gasteiger partial charge in [-0.2, -0.15) is 0 Å². The lowest BCUT2D eigenvalue weighted by Gasteiger charge is -2.01. The Labute approximate surface area is 85.7 Å². The fourth-order valence-electron chi connectivity index (χ4n) is 1.12. The number of hydrogen-bond donors (Lipinski definition) is 0. The Morgan fingerprint density at radius 1 is 1.27 bits per heavy atom. The number of fused-ring (bicyclic) bond motifs is 1. The van der Waals surface area contributed by atoms with Gasteiger partial charge >= 0.3 is 6.16 Å². The zero-order valence-corrected chi connectivity index (χ0v) is 8.01. The van der Waals surface area contributed by atoms with E-state index in [0.29, 0.717) is 5.52 Å². The maximum atomic E-state index is 10.8. The Morgan fingerprint density at radius 3 is 2.73 bits per heavy atom. The van der Waals surface area contributed by atoms with Crippen LogP contribution in [0, 0.1) is 0 Å². The van der Waals surface area contributed by atoms with Crippen LogP contribution in [0.5, 0.6) is 5.88 Å². The summed E-state index contributed by atoms with van der Waals surface area (Å²) in [7, 11) is 1.23. The van der Waals surface area contributed by atoms with Gasteiger partial charge in [-0.15, -0.1) is 0 Å². The Balaban J connectivity index is 2.34. The maximum absolute atomic E-state index is 10.8. The number of aromatic nitrogens is 2. The molecule has 15 heavy (non-hydrogen) atoms. The van der Waals surface area contributed by atoms with Crippen LogP contribution in [-0.2, 0) is 4.74 Å². The highest BCUT2D eigenvalue weighted by Crippen LogP contribution is 2.12. The van der Waals surface area contributed by atoms with Gasteiger partial charge in [-0.05, 0) is 12.1 Å². The van der Waals surface area contributed by atoms with E-state index in [2.05, 4.69) is 14.7 Å². The summed E-state index contributed by atoms with van der Waals surface area (Å²) < 4.78 is 9.07. The zero-order chi connectivity index (χ0) is 10.7.